The van der Waals surface area contributed by atoms with Crippen LogP contribution in [0, 0.1) is 11.8 Å². The van der Waals surface area contributed by atoms with Crippen LogP contribution in [0.25, 0.3) is 10.8 Å². The van der Waals surface area contributed by atoms with Crippen molar-refractivity contribution in [3.63, 3.8) is 0 Å². The summed E-state index contributed by atoms with van der Waals surface area (Å²) in [6.45, 7) is 3.80. The summed E-state index contributed by atoms with van der Waals surface area (Å²) in [5, 5.41) is 24.5. The number of thioether (sulfide) groups is 1. The number of nitrogens with zero attached hydrogens (tertiary/aromatic N) is 1. The number of aliphatic hydroxyl groups is 1. The lowest BCUT2D eigenvalue weighted by molar-refractivity contribution is -0.163. The Morgan fingerprint density at radius 1 is 1.19 bits per heavy atom. The molecule has 4 atom stereocenters. The number of fused-ring (bicyclic) bond motifs is 2. The van der Waals surface area contributed by atoms with Gasteiger partial charge in [0.05, 0.1) is 18.1 Å². The lowest BCUT2D eigenvalue weighted by atomic mass is 9.79. The van der Waals surface area contributed by atoms with Crippen LogP contribution in [0.15, 0.2) is 53.1 Å². The maximum Gasteiger partial charge on any atom is 0.353 e. The number of aliphatic hydroxyl groups excluding tert-OH is 1. The lowest BCUT2D eigenvalue weighted by Crippen LogP contribution is -2.63. The Labute approximate surface area is 184 Å². The van der Waals surface area contributed by atoms with E-state index < -0.39 is 18.0 Å². The third-order valence-electron chi connectivity index (χ3n) is 5.97. The molecular formula is C23H24N2O5S. The van der Waals surface area contributed by atoms with Crippen molar-refractivity contribution >= 4 is 40.3 Å². The van der Waals surface area contributed by atoms with Crippen LogP contribution in [0.2, 0.25) is 0 Å². The summed E-state index contributed by atoms with van der Waals surface area (Å²) in [5.41, 5.74) is 0.572. The Morgan fingerprint density at radius 2 is 1.90 bits per heavy atom. The van der Waals surface area contributed by atoms with Gasteiger partial charge in [-0.15, -0.1) is 11.8 Å². The minimum atomic E-state index is -1.14. The number of amides is 2. The van der Waals surface area contributed by atoms with E-state index in [1.165, 1.54) is 16.7 Å². The minimum Gasteiger partial charge on any atom is -0.477 e. The summed E-state index contributed by atoms with van der Waals surface area (Å²) in [6, 6.07) is 13.0. The third-order valence-corrected chi connectivity index (χ3v) is 7.25. The van der Waals surface area contributed by atoms with Crippen LogP contribution >= 0.6 is 11.8 Å². The molecule has 1 fully saturated rings. The van der Waals surface area contributed by atoms with Gasteiger partial charge in [-0.1, -0.05) is 37.3 Å². The molecule has 0 radical (unpaired) electrons. The van der Waals surface area contributed by atoms with Crippen molar-refractivity contribution in [1.29, 1.82) is 0 Å². The Hall–Kier alpha value is -2.84. The average Bonchev–Trinajstić information content (AvgIpc) is 2.98. The minimum absolute atomic E-state index is 0.00487. The molecule has 4 rings (SSSR count). The molecule has 0 aromatic heterocycles. The van der Waals surface area contributed by atoms with Crippen LogP contribution in [0.3, 0.4) is 0 Å². The summed E-state index contributed by atoms with van der Waals surface area (Å²) in [6.07, 6.45) is -0.822. The highest BCUT2D eigenvalue weighted by molar-refractivity contribution is 8.03. The Morgan fingerprint density at radius 3 is 2.58 bits per heavy atom. The van der Waals surface area contributed by atoms with Gasteiger partial charge in [-0.3, -0.25) is 9.59 Å². The highest BCUT2D eigenvalue weighted by Crippen LogP contribution is 2.50. The SMILES string of the molecule is C[C@@H](O)[C@H]1C(=O)N2C(C(=O)O)=C(SCCNC(=O)c3ccc4ccccc4c3)[C@H](C)[C@H]12. The number of β-lactam (4-membered cyclic amide) rings is 1. The number of rotatable bonds is 7. The van der Waals surface area contributed by atoms with Crippen LogP contribution in [0.5, 0.6) is 0 Å². The number of hydrogen-bond acceptors (Lipinski definition) is 5. The highest BCUT2D eigenvalue weighted by atomic mass is 32.2. The van der Waals surface area contributed by atoms with Crippen molar-refractivity contribution in [3.8, 4) is 0 Å². The summed E-state index contributed by atoms with van der Waals surface area (Å²) in [4.78, 5) is 38.6. The number of carbonyl (C=O) groups excluding carboxylic acids is 2. The molecule has 0 unspecified atom stereocenters. The molecule has 31 heavy (non-hydrogen) atoms. The summed E-state index contributed by atoms with van der Waals surface area (Å²) in [5.74, 6) is -1.95. The summed E-state index contributed by atoms with van der Waals surface area (Å²) < 4.78 is 0. The second kappa shape index (κ2) is 8.36. The van der Waals surface area contributed by atoms with E-state index >= 15 is 0 Å². The molecule has 0 saturated carbocycles. The first-order chi connectivity index (χ1) is 14.8. The van der Waals surface area contributed by atoms with Crippen molar-refractivity contribution < 1.29 is 24.6 Å². The molecule has 2 aliphatic rings. The van der Waals surface area contributed by atoms with Crippen LogP contribution in [-0.4, -0.2) is 57.3 Å². The molecular weight excluding hydrogens is 416 g/mol. The first kappa shape index (κ1) is 21.4. The number of carboxylic acids is 1. The van der Waals surface area contributed by atoms with Gasteiger partial charge in [0.1, 0.15) is 5.70 Å². The molecule has 2 aromatic rings. The van der Waals surface area contributed by atoms with E-state index in [1.807, 2.05) is 43.3 Å². The smallest absolute Gasteiger partial charge is 0.353 e. The summed E-state index contributed by atoms with van der Waals surface area (Å²) in [7, 11) is 0. The monoisotopic (exact) mass is 440 g/mol. The number of carboxylic acid groups (broad SMARTS) is 1. The van der Waals surface area contributed by atoms with Crippen molar-refractivity contribution in [1.82, 2.24) is 10.2 Å². The molecule has 0 aliphatic carbocycles. The molecule has 8 heteroatoms. The standard InChI is InChI=1S/C23H24N2O5S/c1-12-18-17(13(2)26)22(28)25(18)19(23(29)30)20(12)31-10-9-24-21(27)16-8-7-14-5-3-4-6-15(14)11-16/h3-8,11-13,17-18,26H,9-10H2,1-2H3,(H,24,27)(H,29,30)/t12-,13-,17-,18-/m1/s1. The van der Waals surface area contributed by atoms with Crippen molar-refractivity contribution in [2.45, 2.75) is 26.0 Å². The zero-order valence-electron chi connectivity index (χ0n) is 17.2. The van der Waals surface area contributed by atoms with Gasteiger partial charge in [0.2, 0.25) is 5.91 Å². The van der Waals surface area contributed by atoms with Crippen LogP contribution in [-0.2, 0) is 9.59 Å². The molecule has 162 valence electrons. The Bertz CT molecular complexity index is 1100. The molecule has 2 amide bonds. The number of hydrogen-bond donors (Lipinski definition) is 3. The predicted octanol–water partition coefficient (Wildman–Crippen LogP) is 2.46. The molecule has 0 spiro atoms. The van der Waals surface area contributed by atoms with Gasteiger partial charge in [-0.05, 0) is 29.8 Å². The van der Waals surface area contributed by atoms with Gasteiger partial charge >= 0.3 is 5.97 Å². The fourth-order valence-corrected chi connectivity index (χ4v) is 5.62. The van der Waals surface area contributed by atoms with E-state index in [1.54, 1.807) is 13.0 Å². The normalized spacial score (nSPS) is 23.5. The first-order valence-corrected chi connectivity index (χ1v) is 11.2. The largest absolute Gasteiger partial charge is 0.477 e. The molecule has 3 N–H and O–H groups in total. The van der Waals surface area contributed by atoms with Crippen LogP contribution < -0.4 is 5.32 Å². The molecule has 0 bridgehead atoms. The van der Waals surface area contributed by atoms with Crippen molar-refractivity contribution in [2.75, 3.05) is 12.3 Å². The molecule has 2 aromatic carbocycles. The fourth-order valence-electron chi connectivity index (χ4n) is 4.47. The lowest BCUT2D eigenvalue weighted by Gasteiger charge is -2.46. The Balaban J connectivity index is 1.39. The number of nitrogens with one attached hydrogen (secondary N) is 1. The fraction of sp³-hybridized carbons (Fsp3) is 0.348. The third kappa shape index (κ3) is 3.70. The molecule has 1 saturated heterocycles. The Kier molecular flexibility index (Phi) is 5.77. The van der Waals surface area contributed by atoms with Gasteiger partial charge < -0.3 is 20.4 Å². The first-order valence-electron chi connectivity index (χ1n) is 10.2. The topological polar surface area (TPSA) is 107 Å². The van der Waals surface area contributed by atoms with E-state index in [9.17, 15) is 24.6 Å². The summed E-state index contributed by atoms with van der Waals surface area (Å²) >= 11 is 1.34. The van der Waals surface area contributed by atoms with Crippen LogP contribution in [0.4, 0.5) is 0 Å². The second-order valence-corrected chi connectivity index (χ2v) is 9.07. The van der Waals surface area contributed by atoms with E-state index in [-0.39, 0.29) is 29.5 Å². The molecule has 7 nitrogen and oxygen atoms in total. The number of benzene rings is 2. The molecule has 2 aliphatic heterocycles. The van der Waals surface area contributed by atoms with Gasteiger partial charge in [0.15, 0.2) is 0 Å². The zero-order valence-corrected chi connectivity index (χ0v) is 18.1. The van der Waals surface area contributed by atoms with E-state index in [0.29, 0.717) is 22.8 Å². The van der Waals surface area contributed by atoms with Gasteiger partial charge in [-0.2, -0.15) is 0 Å². The number of carbonyl (C=O) groups is 3. The van der Waals surface area contributed by atoms with Crippen molar-refractivity contribution in [2.24, 2.45) is 11.8 Å². The van der Waals surface area contributed by atoms with Gasteiger partial charge in [0.25, 0.3) is 5.91 Å². The highest BCUT2D eigenvalue weighted by Gasteiger charge is 2.59. The van der Waals surface area contributed by atoms with Gasteiger partial charge in [-0.25, -0.2) is 4.79 Å². The van der Waals surface area contributed by atoms with E-state index in [0.717, 1.165) is 10.8 Å². The average molecular weight is 441 g/mol. The maximum absolute atomic E-state index is 12.5. The number of aliphatic carboxylic acids is 1. The predicted molar refractivity (Wildman–Crippen MR) is 118 cm³/mol. The van der Waals surface area contributed by atoms with Gasteiger partial charge in [0, 0.05) is 28.7 Å². The molecule has 2 heterocycles. The quantitative estimate of drug-likeness (QED) is 0.451. The second-order valence-electron chi connectivity index (χ2n) is 7.94. The van der Waals surface area contributed by atoms with E-state index in [4.69, 9.17) is 0 Å². The van der Waals surface area contributed by atoms with Crippen molar-refractivity contribution in [3.05, 3.63) is 58.6 Å². The van der Waals surface area contributed by atoms with Crippen LogP contribution in [0.1, 0.15) is 24.2 Å². The maximum atomic E-state index is 12.5. The zero-order chi connectivity index (χ0) is 22.3. The van der Waals surface area contributed by atoms with E-state index in [2.05, 4.69) is 5.32 Å².